The summed E-state index contributed by atoms with van der Waals surface area (Å²) >= 11 is 0. The van der Waals surface area contributed by atoms with Crippen molar-refractivity contribution < 1.29 is 0 Å². The van der Waals surface area contributed by atoms with Crippen molar-refractivity contribution in [3.63, 3.8) is 0 Å². The molecule has 0 bridgehead atoms. The lowest BCUT2D eigenvalue weighted by molar-refractivity contribution is 1.60. The van der Waals surface area contributed by atoms with Gasteiger partial charge in [0.2, 0.25) is 0 Å². The van der Waals surface area contributed by atoms with Gasteiger partial charge in [-0.1, -0.05) is 145 Å². The van der Waals surface area contributed by atoms with Gasteiger partial charge in [-0.25, -0.2) is 0 Å². The summed E-state index contributed by atoms with van der Waals surface area (Å²) in [5.41, 5.74) is 6.47. The molecule has 0 aliphatic carbocycles. The molecule has 8 rings (SSSR count). The predicted octanol–water partition coefficient (Wildman–Crippen LogP) is 11.0. The minimum Gasteiger partial charge on any atom is -0.0616 e. The summed E-state index contributed by atoms with van der Waals surface area (Å²) in [6, 6.07) is 55.9. The lowest BCUT2D eigenvalue weighted by Gasteiger charge is -2.09. The Hall–Kier alpha value is -6.08. The van der Waals surface area contributed by atoms with Crippen molar-refractivity contribution >= 4 is 43.1 Å². The highest BCUT2D eigenvalue weighted by Gasteiger charge is 2.08. The van der Waals surface area contributed by atoms with E-state index in [1.165, 1.54) is 43.1 Å². The van der Waals surface area contributed by atoms with Gasteiger partial charge in [0.25, 0.3) is 0 Å². The first-order valence-corrected chi connectivity index (χ1v) is 14.9. The van der Waals surface area contributed by atoms with E-state index in [0.717, 1.165) is 33.4 Å². The van der Waals surface area contributed by atoms with Crippen LogP contribution in [0.1, 0.15) is 11.1 Å². The highest BCUT2D eigenvalue weighted by Crippen LogP contribution is 2.33. The average molecular weight is 555 g/mol. The Morgan fingerprint density at radius 3 is 1.14 bits per heavy atom. The Labute approximate surface area is 257 Å². The van der Waals surface area contributed by atoms with Gasteiger partial charge in [-0.05, 0) is 101 Å². The first kappa shape index (κ1) is 25.6. The summed E-state index contributed by atoms with van der Waals surface area (Å²) in [5.74, 6) is 13.0. The molecule has 8 aromatic rings. The molecule has 0 aliphatic heterocycles. The molecule has 0 heteroatoms. The molecule has 8 aromatic carbocycles. The van der Waals surface area contributed by atoms with Crippen LogP contribution in [0.5, 0.6) is 0 Å². The number of rotatable bonds is 2. The molecule has 0 radical (unpaired) electrons. The highest BCUT2D eigenvalue weighted by molar-refractivity contribution is 6.09. The molecule has 202 valence electrons. The number of benzene rings is 8. The molecule has 0 saturated carbocycles. The lowest BCUT2D eigenvalue weighted by Crippen LogP contribution is -1.86. The molecule has 0 atom stereocenters. The Morgan fingerprint density at radius 1 is 0.295 bits per heavy atom. The van der Waals surface area contributed by atoms with Crippen LogP contribution in [-0.2, 0) is 0 Å². The van der Waals surface area contributed by atoms with Crippen molar-refractivity contribution in [2.45, 2.75) is 0 Å². The molecule has 0 amide bonds. The number of hydrogen-bond acceptors (Lipinski definition) is 0. The molecule has 0 unspecified atom stereocenters. The molecule has 0 heterocycles. The highest BCUT2D eigenvalue weighted by atomic mass is 14.1. The monoisotopic (exact) mass is 554 g/mol. The molecule has 0 N–H and O–H groups in total. The summed E-state index contributed by atoms with van der Waals surface area (Å²) in [5, 5.41) is 10.00. The van der Waals surface area contributed by atoms with Gasteiger partial charge >= 0.3 is 0 Å². The van der Waals surface area contributed by atoms with E-state index < -0.39 is 0 Å². The van der Waals surface area contributed by atoms with Gasteiger partial charge in [-0.3, -0.25) is 0 Å². The largest absolute Gasteiger partial charge is 0.0616 e. The van der Waals surface area contributed by atoms with E-state index in [9.17, 15) is 0 Å². The van der Waals surface area contributed by atoms with Crippen LogP contribution in [0, 0.1) is 23.7 Å². The molecule has 0 aromatic heterocycles. The molecule has 0 fully saturated rings. The Bertz CT molecular complexity index is 2330. The zero-order valence-corrected chi connectivity index (χ0v) is 24.0. The van der Waals surface area contributed by atoms with E-state index in [4.69, 9.17) is 0 Å². The topological polar surface area (TPSA) is 0 Å². The van der Waals surface area contributed by atoms with Crippen LogP contribution in [0.2, 0.25) is 0 Å². The minimum atomic E-state index is 0.969. The molecule has 0 spiro atoms. The molecule has 0 saturated heterocycles. The maximum absolute atomic E-state index is 3.35. The second kappa shape index (κ2) is 11.0. The summed E-state index contributed by atoms with van der Waals surface area (Å²) in [6.45, 7) is 0. The maximum Gasteiger partial charge on any atom is 0.0334 e. The first-order chi connectivity index (χ1) is 21.8. The Balaban J connectivity index is 1.15. The van der Waals surface area contributed by atoms with Crippen molar-refractivity contribution in [2.24, 2.45) is 0 Å². The fourth-order valence-corrected chi connectivity index (χ4v) is 6.22. The molecule has 0 nitrogen and oxygen atoms in total. The third-order valence-corrected chi connectivity index (χ3v) is 8.43. The zero-order chi connectivity index (χ0) is 29.3. The summed E-state index contributed by atoms with van der Waals surface area (Å²) in [4.78, 5) is 0. The van der Waals surface area contributed by atoms with Crippen LogP contribution in [0.4, 0.5) is 0 Å². The molecule has 44 heavy (non-hydrogen) atoms. The number of fused-ring (bicyclic) bond motifs is 6. The van der Waals surface area contributed by atoms with E-state index in [0.29, 0.717) is 0 Å². The summed E-state index contributed by atoms with van der Waals surface area (Å²) in [7, 11) is 0. The van der Waals surface area contributed by atoms with Gasteiger partial charge in [-0.2, -0.15) is 0 Å². The van der Waals surface area contributed by atoms with E-state index >= 15 is 0 Å². The standard InChI is InChI=1S/C44H26/c1(11-31-13-3-7-17-39(31)37-27-25-35-23-21-33-15-5-9-19-41(33)43(35)29-37)2-12-32-14-4-8-18-40(32)38-28-26-36-24-22-34-16-6-10-20-42(34)44(36)30-38/h3-10,13-30H. The van der Waals surface area contributed by atoms with E-state index in [1.54, 1.807) is 0 Å². The third-order valence-electron chi connectivity index (χ3n) is 8.43. The van der Waals surface area contributed by atoms with Gasteiger partial charge in [0.15, 0.2) is 0 Å². The van der Waals surface area contributed by atoms with Crippen molar-refractivity contribution in [3.05, 3.63) is 169 Å². The Morgan fingerprint density at radius 2 is 0.659 bits per heavy atom. The molecular weight excluding hydrogens is 528 g/mol. The van der Waals surface area contributed by atoms with Gasteiger partial charge in [-0.15, -0.1) is 0 Å². The van der Waals surface area contributed by atoms with Crippen LogP contribution in [0.25, 0.3) is 65.3 Å². The maximum atomic E-state index is 3.35. The van der Waals surface area contributed by atoms with Crippen molar-refractivity contribution in [1.82, 2.24) is 0 Å². The second-order valence-electron chi connectivity index (χ2n) is 11.0. The van der Waals surface area contributed by atoms with E-state index in [2.05, 4.69) is 169 Å². The normalized spacial score (nSPS) is 10.8. The van der Waals surface area contributed by atoms with Gasteiger partial charge in [0.05, 0.1) is 0 Å². The SMILES string of the molecule is C(C#Cc1ccccc1-c1ccc2ccc3ccccc3c2c1)#Cc1ccccc1-c1ccc2ccc3ccccc3c2c1. The van der Waals surface area contributed by atoms with Crippen LogP contribution in [-0.4, -0.2) is 0 Å². The van der Waals surface area contributed by atoms with Crippen molar-refractivity contribution in [2.75, 3.05) is 0 Å². The van der Waals surface area contributed by atoms with Gasteiger partial charge in [0, 0.05) is 11.1 Å². The van der Waals surface area contributed by atoms with E-state index in [-0.39, 0.29) is 0 Å². The quantitative estimate of drug-likeness (QED) is 0.147. The molecule has 0 aliphatic rings. The lowest BCUT2D eigenvalue weighted by atomic mass is 9.95. The van der Waals surface area contributed by atoms with Crippen molar-refractivity contribution in [1.29, 1.82) is 0 Å². The van der Waals surface area contributed by atoms with Crippen LogP contribution < -0.4 is 0 Å². The summed E-state index contributed by atoms with van der Waals surface area (Å²) in [6.07, 6.45) is 0. The fourth-order valence-electron chi connectivity index (χ4n) is 6.22. The second-order valence-corrected chi connectivity index (χ2v) is 11.0. The molecular formula is C44H26. The summed E-state index contributed by atoms with van der Waals surface area (Å²) < 4.78 is 0. The number of hydrogen-bond donors (Lipinski definition) is 0. The Kier molecular flexibility index (Phi) is 6.38. The minimum absolute atomic E-state index is 0.969. The third kappa shape index (κ3) is 4.66. The van der Waals surface area contributed by atoms with Crippen LogP contribution >= 0.6 is 0 Å². The van der Waals surface area contributed by atoms with Crippen LogP contribution in [0.3, 0.4) is 0 Å². The smallest absolute Gasteiger partial charge is 0.0334 e. The first-order valence-electron chi connectivity index (χ1n) is 14.9. The van der Waals surface area contributed by atoms with Gasteiger partial charge < -0.3 is 0 Å². The van der Waals surface area contributed by atoms with Crippen LogP contribution in [0.15, 0.2) is 158 Å². The predicted molar refractivity (Wildman–Crippen MR) is 188 cm³/mol. The fraction of sp³-hybridized carbons (Fsp3) is 0. The zero-order valence-electron chi connectivity index (χ0n) is 24.0. The van der Waals surface area contributed by atoms with Gasteiger partial charge in [0.1, 0.15) is 0 Å². The average Bonchev–Trinajstić information content (AvgIpc) is 3.10. The van der Waals surface area contributed by atoms with E-state index in [1.807, 2.05) is 12.1 Å². The van der Waals surface area contributed by atoms with Crippen molar-refractivity contribution in [3.8, 4) is 45.9 Å².